The van der Waals surface area contributed by atoms with Crippen LogP contribution in [0.1, 0.15) is 6.92 Å². The summed E-state index contributed by atoms with van der Waals surface area (Å²) in [4.78, 5) is 8.29. The van der Waals surface area contributed by atoms with Gasteiger partial charge in [-0.25, -0.2) is 4.98 Å². The molecule has 114 valence electrons. The van der Waals surface area contributed by atoms with Crippen molar-refractivity contribution in [3.05, 3.63) is 22.9 Å². The van der Waals surface area contributed by atoms with Crippen LogP contribution in [0.4, 0.5) is 0 Å². The second-order valence-corrected chi connectivity index (χ2v) is 5.36. The summed E-state index contributed by atoms with van der Waals surface area (Å²) in [5.74, 6) is 0.397. The van der Waals surface area contributed by atoms with E-state index in [2.05, 4.69) is 47.6 Å². The van der Waals surface area contributed by atoms with Crippen LogP contribution >= 0.6 is 15.9 Å². The van der Waals surface area contributed by atoms with E-state index in [1.54, 1.807) is 13.3 Å². The Kier molecular flexibility index (Phi) is 3.93. The van der Waals surface area contributed by atoms with Crippen LogP contribution < -0.4 is 9.47 Å². The molecule has 0 unspecified atom stereocenters. The van der Waals surface area contributed by atoms with Crippen molar-refractivity contribution in [1.82, 2.24) is 24.7 Å². The third-order valence-electron chi connectivity index (χ3n) is 3.30. The summed E-state index contributed by atoms with van der Waals surface area (Å²) in [6, 6.07) is 2.19. The van der Waals surface area contributed by atoms with E-state index in [4.69, 9.17) is 9.47 Å². The van der Waals surface area contributed by atoms with E-state index in [1.165, 1.54) is 7.11 Å². The molecule has 3 aromatic rings. The highest BCUT2D eigenvalue weighted by atomic mass is 79.9. The first kappa shape index (κ1) is 14.7. The van der Waals surface area contributed by atoms with Gasteiger partial charge in [-0.15, -0.1) is 10.2 Å². The molecule has 8 heteroatoms. The van der Waals surface area contributed by atoms with Gasteiger partial charge in [0.05, 0.1) is 29.8 Å². The summed E-state index contributed by atoms with van der Waals surface area (Å²) in [5.41, 5.74) is 3.11. The van der Waals surface area contributed by atoms with Crippen LogP contribution in [-0.4, -0.2) is 39.0 Å². The van der Waals surface area contributed by atoms with Gasteiger partial charge in [-0.2, -0.15) is 4.98 Å². The molecule has 0 aliphatic heterocycles. The second-order valence-electron chi connectivity index (χ2n) is 4.51. The van der Waals surface area contributed by atoms with Gasteiger partial charge < -0.3 is 14.0 Å². The lowest BCUT2D eigenvalue weighted by Gasteiger charge is -2.08. The number of nitrogens with zero attached hydrogens (tertiary/aromatic N) is 5. The van der Waals surface area contributed by atoms with Crippen LogP contribution in [-0.2, 0) is 6.54 Å². The van der Waals surface area contributed by atoms with Gasteiger partial charge in [0.25, 0.3) is 0 Å². The first-order valence-electron chi connectivity index (χ1n) is 6.65. The van der Waals surface area contributed by atoms with Crippen molar-refractivity contribution >= 4 is 27.0 Å². The van der Waals surface area contributed by atoms with Gasteiger partial charge in [0.2, 0.25) is 5.88 Å². The zero-order valence-electron chi connectivity index (χ0n) is 12.4. The van der Waals surface area contributed by atoms with Crippen LogP contribution in [0.3, 0.4) is 0 Å². The molecule has 0 N–H and O–H groups in total. The highest BCUT2D eigenvalue weighted by Crippen LogP contribution is 2.31. The predicted molar refractivity (Wildman–Crippen MR) is 85.0 cm³/mol. The fourth-order valence-corrected chi connectivity index (χ4v) is 2.74. The molecule has 0 aromatic carbocycles. The van der Waals surface area contributed by atoms with Gasteiger partial charge in [-0.1, -0.05) is 0 Å². The molecule has 0 saturated carbocycles. The summed E-state index contributed by atoms with van der Waals surface area (Å²) in [6.45, 7) is 2.91. The minimum absolute atomic E-state index is 0.245. The van der Waals surface area contributed by atoms with Gasteiger partial charge in [-0.3, -0.25) is 0 Å². The van der Waals surface area contributed by atoms with Crippen LogP contribution in [0, 0.1) is 0 Å². The molecular weight excluding hydrogens is 350 g/mol. The first-order chi connectivity index (χ1) is 10.7. The third-order valence-corrected chi connectivity index (χ3v) is 3.88. The average Bonchev–Trinajstić information content (AvgIpc) is 2.89. The Morgan fingerprint density at radius 3 is 2.73 bits per heavy atom. The number of fused-ring (bicyclic) bond motifs is 1. The maximum Gasteiger partial charge on any atom is 0.319 e. The van der Waals surface area contributed by atoms with Crippen molar-refractivity contribution in [3.63, 3.8) is 0 Å². The maximum absolute atomic E-state index is 5.30. The molecule has 0 bridgehead atoms. The minimum Gasteiger partial charge on any atom is -0.480 e. The quantitative estimate of drug-likeness (QED) is 0.709. The van der Waals surface area contributed by atoms with Gasteiger partial charge in [0.1, 0.15) is 11.2 Å². The highest BCUT2D eigenvalue weighted by Gasteiger charge is 2.15. The van der Waals surface area contributed by atoms with E-state index in [0.717, 1.165) is 22.1 Å². The Morgan fingerprint density at radius 1 is 1.23 bits per heavy atom. The van der Waals surface area contributed by atoms with E-state index in [-0.39, 0.29) is 6.01 Å². The Bertz CT molecular complexity index is 833. The number of aryl methyl sites for hydroxylation is 1. The molecule has 3 rings (SSSR count). The summed E-state index contributed by atoms with van der Waals surface area (Å²) < 4.78 is 13.3. The number of aromatic nitrogens is 5. The number of halogens is 1. The molecule has 7 nitrogen and oxygen atoms in total. The Balaban J connectivity index is 2.18. The molecule has 22 heavy (non-hydrogen) atoms. The molecule has 0 aliphatic rings. The number of hydrogen-bond acceptors (Lipinski definition) is 6. The Morgan fingerprint density at radius 2 is 2.05 bits per heavy atom. The molecule has 0 atom stereocenters. The molecule has 3 aromatic heterocycles. The second kappa shape index (κ2) is 5.88. The maximum atomic E-state index is 5.30. The van der Waals surface area contributed by atoms with Crippen molar-refractivity contribution < 1.29 is 9.47 Å². The fourth-order valence-electron chi connectivity index (χ4n) is 2.21. The summed E-state index contributed by atoms with van der Waals surface area (Å²) in [7, 11) is 3.05. The summed E-state index contributed by atoms with van der Waals surface area (Å²) >= 11 is 3.50. The lowest BCUT2D eigenvalue weighted by atomic mass is 10.2. The van der Waals surface area contributed by atoms with Crippen molar-refractivity contribution in [1.29, 1.82) is 0 Å². The smallest absolute Gasteiger partial charge is 0.319 e. The number of ether oxygens (including phenoxy) is 2. The largest absolute Gasteiger partial charge is 0.480 e. The first-order valence-corrected chi connectivity index (χ1v) is 7.44. The average molecular weight is 364 g/mol. The van der Waals surface area contributed by atoms with Crippen molar-refractivity contribution in [2.45, 2.75) is 13.5 Å². The van der Waals surface area contributed by atoms with E-state index in [9.17, 15) is 0 Å². The zero-order chi connectivity index (χ0) is 15.7. The van der Waals surface area contributed by atoms with Gasteiger partial charge in [-0.05, 0) is 28.9 Å². The zero-order valence-corrected chi connectivity index (χ0v) is 14.0. The summed E-state index contributed by atoms with van der Waals surface area (Å²) in [5, 5.41) is 8.54. The SMILES string of the molecule is CCn1cc(Br)c2nnc(-c3cnc(OC)nc3OC)cc21. The molecular formula is C14H14BrN5O2. The van der Waals surface area contributed by atoms with Crippen LogP contribution in [0.25, 0.3) is 22.3 Å². The molecule has 0 fully saturated rings. The van der Waals surface area contributed by atoms with Crippen molar-refractivity contribution in [2.75, 3.05) is 14.2 Å². The molecule has 0 radical (unpaired) electrons. The summed E-state index contributed by atoms with van der Waals surface area (Å²) in [6.07, 6.45) is 3.61. The van der Waals surface area contributed by atoms with E-state index in [1.807, 2.05) is 12.3 Å². The van der Waals surface area contributed by atoms with Crippen LogP contribution in [0.5, 0.6) is 11.9 Å². The topological polar surface area (TPSA) is 75.0 Å². The van der Waals surface area contributed by atoms with Crippen LogP contribution in [0.2, 0.25) is 0 Å². The van der Waals surface area contributed by atoms with E-state index in [0.29, 0.717) is 17.1 Å². The molecule has 0 spiro atoms. The lowest BCUT2D eigenvalue weighted by molar-refractivity contribution is 0.353. The third kappa shape index (κ3) is 2.39. The minimum atomic E-state index is 0.245. The molecule has 0 saturated heterocycles. The van der Waals surface area contributed by atoms with E-state index < -0.39 is 0 Å². The Hall–Kier alpha value is -2.22. The molecule has 0 amide bonds. The highest BCUT2D eigenvalue weighted by molar-refractivity contribution is 9.10. The molecule has 0 aliphatic carbocycles. The standard InChI is InChI=1S/C14H14BrN5O2/c1-4-20-7-9(15)12-11(20)5-10(18-19-12)8-6-16-14(22-3)17-13(8)21-2/h5-7H,4H2,1-3H3. The fraction of sp³-hybridized carbons (Fsp3) is 0.286. The number of rotatable bonds is 4. The molecule has 3 heterocycles. The number of methoxy groups -OCH3 is 2. The van der Waals surface area contributed by atoms with Crippen molar-refractivity contribution in [3.8, 4) is 23.1 Å². The van der Waals surface area contributed by atoms with Gasteiger partial charge in [0.15, 0.2) is 0 Å². The van der Waals surface area contributed by atoms with Crippen molar-refractivity contribution in [2.24, 2.45) is 0 Å². The van der Waals surface area contributed by atoms with Crippen LogP contribution in [0.15, 0.2) is 22.9 Å². The normalized spacial score (nSPS) is 10.9. The number of hydrogen-bond donors (Lipinski definition) is 0. The van der Waals surface area contributed by atoms with Gasteiger partial charge >= 0.3 is 6.01 Å². The monoisotopic (exact) mass is 363 g/mol. The Labute approximate surface area is 135 Å². The van der Waals surface area contributed by atoms with Gasteiger partial charge in [0, 0.05) is 18.9 Å². The lowest BCUT2D eigenvalue weighted by Crippen LogP contribution is -2.00. The predicted octanol–water partition coefficient (Wildman–Crippen LogP) is 2.69. The van der Waals surface area contributed by atoms with E-state index >= 15 is 0 Å².